The van der Waals surface area contributed by atoms with Gasteiger partial charge >= 0.3 is 6.18 Å². The van der Waals surface area contributed by atoms with Gasteiger partial charge in [0.25, 0.3) is 11.8 Å². The van der Waals surface area contributed by atoms with Gasteiger partial charge in [0.2, 0.25) is 0 Å². The molecule has 0 unspecified atom stereocenters. The number of hydroxylamine groups is 1. The largest absolute Gasteiger partial charge is 0.435 e. The Morgan fingerprint density at radius 1 is 1.15 bits per heavy atom. The van der Waals surface area contributed by atoms with Gasteiger partial charge in [-0.05, 0) is 44.5 Å². The summed E-state index contributed by atoms with van der Waals surface area (Å²) in [6, 6.07) is 8.13. The van der Waals surface area contributed by atoms with Crippen molar-refractivity contribution in [1.82, 2.24) is 20.2 Å². The number of benzene rings is 1. The molecule has 0 spiro atoms. The fourth-order valence-corrected chi connectivity index (χ4v) is 3.00. The summed E-state index contributed by atoms with van der Waals surface area (Å²) in [5.41, 5.74) is 1.14. The fraction of sp³-hybridized carbons (Fsp3) is 0.238. The molecule has 2 N–H and O–H groups in total. The summed E-state index contributed by atoms with van der Waals surface area (Å²) >= 11 is 6.07. The van der Waals surface area contributed by atoms with Gasteiger partial charge in [0.15, 0.2) is 11.5 Å². The maximum atomic E-state index is 13.3. The molecular weight excluding hydrogens is 463 g/mol. The van der Waals surface area contributed by atoms with Crippen LogP contribution in [0.5, 0.6) is 0 Å². The minimum Gasteiger partial charge on any atom is -0.320 e. The summed E-state index contributed by atoms with van der Waals surface area (Å²) in [6.07, 6.45) is -3.81. The average Bonchev–Trinajstić information content (AvgIpc) is 3.19. The second-order valence-electron chi connectivity index (χ2n) is 7.18. The summed E-state index contributed by atoms with van der Waals surface area (Å²) in [5.74, 6) is -1.75. The molecular formula is C21H19ClF3N5O3. The van der Waals surface area contributed by atoms with Crippen LogP contribution in [0, 0.1) is 6.92 Å². The monoisotopic (exact) mass is 481 g/mol. The van der Waals surface area contributed by atoms with E-state index in [0.717, 1.165) is 0 Å². The van der Waals surface area contributed by atoms with Gasteiger partial charge in [0.05, 0.1) is 22.4 Å². The van der Waals surface area contributed by atoms with Crippen molar-refractivity contribution in [3.05, 3.63) is 70.1 Å². The van der Waals surface area contributed by atoms with Crippen LogP contribution in [-0.4, -0.2) is 32.7 Å². The van der Waals surface area contributed by atoms with Crippen LogP contribution in [0.1, 0.15) is 46.0 Å². The SMILES string of the molecule is Cc1cccc(C(=O)NOC(C)C)c1NC(=O)c1cc(C(F)(F)F)nn1-c1ncccc1Cl. The number of nitrogens with one attached hydrogen (secondary N) is 2. The minimum atomic E-state index is -4.82. The van der Waals surface area contributed by atoms with Gasteiger partial charge in [-0.2, -0.15) is 18.3 Å². The van der Waals surface area contributed by atoms with E-state index in [0.29, 0.717) is 16.3 Å². The van der Waals surface area contributed by atoms with Gasteiger partial charge in [-0.3, -0.25) is 14.4 Å². The number of carbonyl (C=O) groups is 2. The first-order valence-corrected chi connectivity index (χ1v) is 10.0. The zero-order chi connectivity index (χ0) is 24.3. The van der Waals surface area contributed by atoms with E-state index < -0.39 is 29.4 Å². The van der Waals surface area contributed by atoms with Crippen molar-refractivity contribution in [3.63, 3.8) is 0 Å². The van der Waals surface area contributed by atoms with Gasteiger partial charge in [-0.1, -0.05) is 23.7 Å². The molecule has 0 saturated carbocycles. The van der Waals surface area contributed by atoms with Crippen molar-refractivity contribution in [2.75, 3.05) is 5.32 Å². The lowest BCUT2D eigenvalue weighted by Crippen LogP contribution is -2.28. The zero-order valence-electron chi connectivity index (χ0n) is 17.7. The highest BCUT2D eigenvalue weighted by atomic mass is 35.5. The molecule has 3 rings (SSSR count). The van der Waals surface area contributed by atoms with Crippen LogP contribution in [-0.2, 0) is 11.0 Å². The predicted octanol–water partition coefficient (Wildman–Crippen LogP) is 4.57. The standard InChI is InChI=1S/C21H19ClF3N5O3/c1-11(2)33-29-19(31)13-7-4-6-12(3)17(13)27-20(32)15-10-16(21(23,24)25)28-30(15)18-14(22)8-5-9-26-18/h4-11H,1-3H3,(H,27,32)(H,29,31). The van der Waals surface area contributed by atoms with Crippen molar-refractivity contribution in [2.45, 2.75) is 33.1 Å². The van der Waals surface area contributed by atoms with Crippen LogP contribution >= 0.6 is 11.6 Å². The Hall–Kier alpha value is -3.44. The predicted molar refractivity (Wildman–Crippen MR) is 114 cm³/mol. The first-order chi connectivity index (χ1) is 15.5. The highest BCUT2D eigenvalue weighted by Gasteiger charge is 2.36. The number of aryl methyl sites for hydroxylation is 1. The van der Waals surface area contributed by atoms with Crippen LogP contribution in [0.15, 0.2) is 42.6 Å². The number of hydrogen-bond acceptors (Lipinski definition) is 5. The lowest BCUT2D eigenvalue weighted by atomic mass is 10.1. The van der Waals surface area contributed by atoms with E-state index in [1.54, 1.807) is 32.9 Å². The highest BCUT2D eigenvalue weighted by Crippen LogP contribution is 2.31. The maximum Gasteiger partial charge on any atom is 0.435 e. The molecule has 1 aromatic carbocycles. The van der Waals surface area contributed by atoms with Crippen molar-refractivity contribution < 1.29 is 27.6 Å². The molecule has 0 radical (unpaired) electrons. The van der Waals surface area contributed by atoms with E-state index in [1.807, 2.05) is 0 Å². The molecule has 0 atom stereocenters. The smallest absolute Gasteiger partial charge is 0.320 e. The molecule has 2 heterocycles. The molecule has 2 aromatic heterocycles. The Balaban J connectivity index is 2.03. The molecule has 0 aliphatic heterocycles. The summed E-state index contributed by atoms with van der Waals surface area (Å²) in [5, 5.41) is 5.98. The molecule has 3 aromatic rings. The Labute approximate surface area is 191 Å². The van der Waals surface area contributed by atoms with E-state index in [2.05, 4.69) is 20.9 Å². The van der Waals surface area contributed by atoms with E-state index >= 15 is 0 Å². The summed E-state index contributed by atoms with van der Waals surface area (Å²) < 4.78 is 40.7. The second kappa shape index (κ2) is 9.59. The number of amides is 2. The third kappa shape index (κ3) is 5.49. The van der Waals surface area contributed by atoms with Gasteiger partial charge in [0, 0.05) is 12.3 Å². The number of aromatic nitrogens is 3. The average molecular weight is 482 g/mol. The Morgan fingerprint density at radius 3 is 2.52 bits per heavy atom. The third-order valence-corrected chi connectivity index (χ3v) is 4.61. The molecule has 0 aliphatic carbocycles. The minimum absolute atomic E-state index is 0.00910. The molecule has 174 valence electrons. The third-order valence-electron chi connectivity index (χ3n) is 4.32. The van der Waals surface area contributed by atoms with Crippen LogP contribution in [0.4, 0.5) is 18.9 Å². The molecule has 0 bridgehead atoms. The molecule has 0 fully saturated rings. The topological polar surface area (TPSA) is 98.1 Å². The Bertz CT molecular complexity index is 1190. The fourth-order valence-electron chi connectivity index (χ4n) is 2.80. The van der Waals surface area contributed by atoms with E-state index in [9.17, 15) is 22.8 Å². The number of halogens is 4. The Kier molecular flexibility index (Phi) is 7.04. The van der Waals surface area contributed by atoms with Gasteiger partial charge in [-0.15, -0.1) is 0 Å². The van der Waals surface area contributed by atoms with Gasteiger partial charge in [-0.25, -0.2) is 15.1 Å². The summed E-state index contributed by atoms with van der Waals surface area (Å²) in [6.45, 7) is 5.05. The van der Waals surface area contributed by atoms with Crippen LogP contribution in [0.3, 0.4) is 0 Å². The van der Waals surface area contributed by atoms with E-state index in [4.69, 9.17) is 16.4 Å². The number of rotatable bonds is 6. The number of nitrogens with zero attached hydrogens (tertiary/aromatic N) is 3. The van der Waals surface area contributed by atoms with Crippen molar-refractivity contribution in [1.29, 1.82) is 0 Å². The normalized spacial score (nSPS) is 11.5. The lowest BCUT2D eigenvalue weighted by Gasteiger charge is -2.15. The van der Waals surface area contributed by atoms with Crippen molar-refractivity contribution in [2.24, 2.45) is 0 Å². The van der Waals surface area contributed by atoms with Crippen molar-refractivity contribution >= 4 is 29.1 Å². The van der Waals surface area contributed by atoms with Crippen LogP contribution in [0.25, 0.3) is 5.82 Å². The van der Waals surface area contributed by atoms with Gasteiger partial charge in [0.1, 0.15) is 5.69 Å². The first kappa shape index (κ1) is 24.2. The molecule has 33 heavy (non-hydrogen) atoms. The first-order valence-electron chi connectivity index (χ1n) is 9.64. The molecule has 0 aliphatic rings. The Morgan fingerprint density at radius 2 is 1.88 bits per heavy atom. The summed E-state index contributed by atoms with van der Waals surface area (Å²) in [7, 11) is 0. The van der Waals surface area contributed by atoms with Crippen LogP contribution in [0.2, 0.25) is 5.02 Å². The summed E-state index contributed by atoms with van der Waals surface area (Å²) in [4.78, 5) is 34.6. The molecule has 0 saturated heterocycles. The van der Waals surface area contributed by atoms with Crippen molar-refractivity contribution in [3.8, 4) is 5.82 Å². The second-order valence-corrected chi connectivity index (χ2v) is 7.59. The number of para-hydroxylation sites is 1. The molecule has 12 heteroatoms. The number of anilines is 1. The molecule has 2 amide bonds. The van der Waals surface area contributed by atoms with Gasteiger partial charge < -0.3 is 5.32 Å². The highest BCUT2D eigenvalue weighted by molar-refractivity contribution is 6.32. The molecule has 8 nitrogen and oxygen atoms in total. The zero-order valence-corrected chi connectivity index (χ0v) is 18.5. The van der Waals surface area contributed by atoms with E-state index in [1.165, 1.54) is 24.4 Å². The lowest BCUT2D eigenvalue weighted by molar-refractivity contribution is -0.141. The quantitative estimate of drug-likeness (QED) is 0.503. The number of carbonyl (C=O) groups excluding carboxylic acids is 2. The maximum absolute atomic E-state index is 13.3. The van der Waals surface area contributed by atoms with Crippen LogP contribution < -0.4 is 10.8 Å². The van der Waals surface area contributed by atoms with E-state index in [-0.39, 0.29) is 28.2 Å². The number of alkyl halides is 3. The number of hydrogen-bond donors (Lipinski definition) is 2. The number of pyridine rings is 1.